The van der Waals surface area contributed by atoms with Crippen molar-refractivity contribution in [3.05, 3.63) is 24.3 Å². The molecular formula is C45H80O8. The van der Waals surface area contributed by atoms with Crippen LogP contribution >= 0.6 is 0 Å². The van der Waals surface area contributed by atoms with Gasteiger partial charge in [-0.1, -0.05) is 154 Å². The molecule has 0 aliphatic heterocycles. The molecule has 0 fully saturated rings. The molecule has 0 rings (SSSR count). The SMILES string of the molecule is CCCCCCCC/C=C\CCCCCCCCOC(=O)CC(CC(=O)OCCCCCCCC/C=C\CCCCCCCC)C(CC(=O)O)C(=O)O. The Bertz CT molecular complexity index is 885. The lowest BCUT2D eigenvalue weighted by Crippen LogP contribution is -2.31. The first-order chi connectivity index (χ1) is 25.8. The standard InChI is InChI=1S/C45H80O8/c1-3-5-7-9-11-13-15-17-19-21-23-25-27-29-31-33-35-52-43(48)37-40(41(45(50)51)39-42(46)47)38-44(49)53-36-34-32-30-28-26-24-22-20-18-16-14-12-10-8-6-4-2/h17-20,40-41H,3-16,21-39H2,1-2H3,(H,46,47)(H,50,51)/b19-17-,20-18-. The summed E-state index contributed by atoms with van der Waals surface area (Å²) in [7, 11) is 0. The third kappa shape index (κ3) is 36.1. The highest BCUT2D eigenvalue weighted by Gasteiger charge is 2.34. The normalized spacial score (nSPS) is 12.2. The number of unbranched alkanes of at least 4 members (excludes halogenated alkanes) is 24. The van der Waals surface area contributed by atoms with Gasteiger partial charge in [-0.05, 0) is 70.1 Å². The van der Waals surface area contributed by atoms with Crippen molar-refractivity contribution < 1.29 is 38.9 Å². The topological polar surface area (TPSA) is 127 Å². The number of ether oxygens (including phenoxy) is 2. The van der Waals surface area contributed by atoms with E-state index in [9.17, 15) is 29.4 Å². The number of carbonyl (C=O) groups is 4. The van der Waals surface area contributed by atoms with Crippen molar-refractivity contribution in [3.63, 3.8) is 0 Å². The molecule has 1 unspecified atom stereocenters. The average Bonchev–Trinajstić information content (AvgIpc) is 3.12. The Hall–Kier alpha value is -2.64. The van der Waals surface area contributed by atoms with Gasteiger partial charge in [0.05, 0.1) is 25.6 Å². The summed E-state index contributed by atoms with van der Waals surface area (Å²) in [5, 5.41) is 19.0. The smallest absolute Gasteiger partial charge is 0.307 e. The molecule has 0 aliphatic carbocycles. The van der Waals surface area contributed by atoms with Gasteiger partial charge in [0.2, 0.25) is 0 Å². The van der Waals surface area contributed by atoms with Crippen molar-refractivity contribution >= 4 is 23.9 Å². The molecule has 8 nitrogen and oxygen atoms in total. The number of carboxylic acid groups (broad SMARTS) is 2. The lowest BCUT2D eigenvalue weighted by Gasteiger charge is -2.21. The summed E-state index contributed by atoms with van der Waals surface area (Å²) in [6, 6.07) is 0. The maximum Gasteiger partial charge on any atom is 0.307 e. The molecule has 1 atom stereocenters. The van der Waals surface area contributed by atoms with Crippen LogP contribution in [0, 0.1) is 11.8 Å². The molecule has 0 aliphatic rings. The van der Waals surface area contributed by atoms with Crippen LogP contribution in [-0.2, 0) is 28.7 Å². The zero-order valence-electron chi connectivity index (χ0n) is 34.1. The van der Waals surface area contributed by atoms with Crippen LogP contribution in [0.25, 0.3) is 0 Å². The van der Waals surface area contributed by atoms with Crippen LogP contribution in [0.2, 0.25) is 0 Å². The number of rotatable bonds is 40. The summed E-state index contributed by atoms with van der Waals surface area (Å²) < 4.78 is 10.7. The predicted molar refractivity (Wildman–Crippen MR) is 217 cm³/mol. The van der Waals surface area contributed by atoms with Crippen molar-refractivity contribution in [2.45, 2.75) is 213 Å². The van der Waals surface area contributed by atoms with Crippen LogP contribution in [0.3, 0.4) is 0 Å². The first-order valence-corrected chi connectivity index (χ1v) is 21.9. The van der Waals surface area contributed by atoms with E-state index in [1.54, 1.807) is 0 Å². The Balaban J connectivity index is 4.16. The lowest BCUT2D eigenvalue weighted by molar-refractivity contribution is -0.155. The molecule has 8 heteroatoms. The minimum Gasteiger partial charge on any atom is -0.481 e. The Morgan fingerprint density at radius 2 is 0.736 bits per heavy atom. The Morgan fingerprint density at radius 1 is 0.434 bits per heavy atom. The van der Waals surface area contributed by atoms with Crippen molar-refractivity contribution in [2.24, 2.45) is 11.8 Å². The highest BCUT2D eigenvalue weighted by Crippen LogP contribution is 2.25. The van der Waals surface area contributed by atoms with Gasteiger partial charge in [0.15, 0.2) is 0 Å². The molecule has 0 spiro atoms. The fourth-order valence-corrected chi connectivity index (χ4v) is 6.62. The van der Waals surface area contributed by atoms with E-state index in [2.05, 4.69) is 38.2 Å². The summed E-state index contributed by atoms with van der Waals surface area (Å²) in [4.78, 5) is 48.5. The summed E-state index contributed by atoms with van der Waals surface area (Å²) in [6.45, 7) is 4.94. The number of hydrogen-bond acceptors (Lipinski definition) is 6. The first kappa shape index (κ1) is 50.4. The summed E-state index contributed by atoms with van der Waals surface area (Å²) >= 11 is 0. The van der Waals surface area contributed by atoms with E-state index in [0.29, 0.717) is 12.8 Å². The molecule has 308 valence electrons. The number of carbonyl (C=O) groups excluding carboxylic acids is 2. The molecule has 2 N–H and O–H groups in total. The lowest BCUT2D eigenvalue weighted by atomic mass is 9.84. The molecule has 53 heavy (non-hydrogen) atoms. The molecule has 0 saturated heterocycles. The number of hydrogen-bond donors (Lipinski definition) is 2. The second-order valence-corrected chi connectivity index (χ2v) is 15.0. The van der Waals surface area contributed by atoms with E-state index in [1.165, 1.54) is 116 Å². The molecule has 0 aromatic carbocycles. The summed E-state index contributed by atoms with van der Waals surface area (Å²) in [5.41, 5.74) is 0. The van der Waals surface area contributed by atoms with Gasteiger partial charge in [0.25, 0.3) is 0 Å². The minimum absolute atomic E-state index is 0.226. The fourth-order valence-electron chi connectivity index (χ4n) is 6.62. The van der Waals surface area contributed by atoms with Crippen LogP contribution in [0.4, 0.5) is 0 Å². The zero-order valence-corrected chi connectivity index (χ0v) is 34.1. The third-order valence-corrected chi connectivity index (χ3v) is 9.98. The molecule has 0 saturated carbocycles. The van der Waals surface area contributed by atoms with E-state index in [1.807, 2.05) is 0 Å². The van der Waals surface area contributed by atoms with Crippen molar-refractivity contribution in [1.82, 2.24) is 0 Å². The van der Waals surface area contributed by atoms with Crippen molar-refractivity contribution in [2.75, 3.05) is 13.2 Å². The predicted octanol–water partition coefficient (Wildman–Crippen LogP) is 12.7. The van der Waals surface area contributed by atoms with Gasteiger partial charge in [-0.3, -0.25) is 19.2 Å². The van der Waals surface area contributed by atoms with E-state index < -0.39 is 42.1 Å². The summed E-state index contributed by atoms with van der Waals surface area (Å²) in [5.74, 6) is -6.26. The average molecular weight is 749 g/mol. The van der Waals surface area contributed by atoms with Gasteiger partial charge in [0, 0.05) is 12.8 Å². The Kier molecular flexibility index (Phi) is 37.1. The van der Waals surface area contributed by atoms with Crippen LogP contribution < -0.4 is 0 Å². The molecule has 0 bridgehead atoms. The van der Waals surface area contributed by atoms with Gasteiger partial charge in [-0.15, -0.1) is 0 Å². The van der Waals surface area contributed by atoms with Gasteiger partial charge >= 0.3 is 23.9 Å². The first-order valence-electron chi connectivity index (χ1n) is 21.9. The summed E-state index contributed by atoms with van der Waals surface area (Å²) in [6.07, 6.45) is 40.9. The minimum atomic E-state index is -1.39. The number of allylic oxidation sites excluding steroid dienone is 4. The van der Waals surface area contributed by atoms with Crippen LogP contribution in [-0.4, -0.2) is 47.3 Å². The second-order valence-electron chi connectivity index (χ2n) is 15.0. The monoisotopic (exact) mass is 749 g/mol. The van der Waals surface area contributed by atoms with Crippen LogP contribution in [0.5, 0.6) is 0 Å². The van der Waals surface area contributed by atoms with Crippen LogP contribution in [0.1, 0.15) is 213 Å². The molecule has 0 heterocycles. The van der Waals surface area contributed by atoms with E-state index in [0.717, 1.165) is 51.4 Å². The van der Waals surface area contributed by atoms with Gasteiger partial charge in [-0.2, -0.15) is 0 Å². The highest BCUT2D eigenvalue weighted by molar-refractivity contribution is 5.80. The molecule has 0 aromatic rings. The highest BCUT2D eigenvalue weighted by atomic mass is 16.5. The van der Waals surface area contributed by atoms with Gasteiger partial charge in [-0.25, -0.2) is 0 Å². The van der Waals surface area contributed by atoms with Crippen molar-refractivity contribution in [3.8, 4) is 0 Å². The maximum atomic E-state index is 12.6. The second kappa shape index (κ2) is 39.1. The fraction of sp³-hybridized carbons (Fsp3) is 0.822. The molecule has 0 radical (unpaired) electrons. The van der Waals surface area contributed by atoms with E-state index in [4.69, 9.17) is 9.47 Å². The molecule has 0 amide bonds. The number of aliphatic carboxylic acids is 2. The van der Waals surface area contributed by atoms with Crippen LogP contribution in [0.15, 0.2) is 24.3 Å². The Labute approximate surface area is 324 Å². The third-order valence-electron chi connectivity index (χ3n) is 9.98. The zero-order chi connectivity index (χ0) is 39.0. The maximum absolute atomic E-state index is 12.6. The molecular weight excluding hydrogens is 668 g/mol. The van der Waals surface area contributed by atoms with Gasteiger partial charge in [0.1, 0.15) is 0 Å². The number of esters is 2. The van der Waals surface area contributed by atoms with Gasteiger partial charge < -0.3 is 19.7 Å². The molecule has 0 aromatic heterocycles. The van der Waals surface area contributed by atoms with E-state index >= 15 is 0 Å². The largest absolute Gasteiger partial charge is 0.481 e. The Morgan fingerprint density at radius 3 is 1.04 bits per heavy atom. The number of carboxylic acids is 2. The van der Waals surface area contributed by atoms with E-state index in [-0.39, 0.29) is 26.1 Å². The van der Waals surface area contributed by atoms with Crippen molar-refractivity contribution in [1.29, 1.82) is 0 Å². The quantitative estimate of drug-likeness (QED) is 0.0360.